The molecule has 2 nitrogen and oxygen atoms in total. The second-order valence-electron chi connectivity index (χ2n) is 3.03. The van der Waals surface area contributed by atoms with Crippen LogP contribution in [0.15, 0.2) is 0 Å². The van der Waals surface area contributed by atoms with Crippen LogP contribution in [0.4, 0.5) is 0 Å². The predicted octanol–water partition coefficient (Wildman–Crippen LogP) is 1.81. The van der Waals surface area contributed by atoms with Crippen LogP contribution in [-0.2, 0) is 4.84 Å². The number of nitrogens with zero attached hydrogens (tertiary/aromatic N) is 1. The quantitative estimate of drug-likeness (QED) is 0.439. The molecule has 0 radical (unpaired) electrons. The molecule has 0 aliphatic carbocycles. The molecule has 1 heterocycles. The van der Waals surface area contributed by atoms with Crippen molar-refractivity contribution in [2.45, 2.75) is 45.7 Å². The highest BCUT2D eigenvalue weighted by Crippen LogP contribution is 2.26. The van der Waals surface area contributed by atoms with Gasteiger partial charge in [-0.1, -0.05) is 13.3 Å². The molecular weight excluding hydrogens is 126 g/mol. The lowest BCUT2D eigenvalue weighted by molar-refractivity contribution is -0.0832. The monoisotopic (exact) mass is 143 g/mol. The van der Waals surface area contributed by atoms with Crippen LogP contribution in [0.1, 0.15) is 33.6 Å². The van der Waals surface area contributed by atoms with Crippen LogP contribution in [0.3, 0.4) is 0 Å². The Balaban J connectivity index is 1.95. The molecule has 2 heteroatoms. The van der Waals surface area contributed by atoms with Crippen molar-refractivity contribution >= 4 is 0 Å². The van der Waals surface area contributed by atoms with E-state index in [9.17, 15) is 0 Å². The van der Waals surface area contributed by atoms with Crippen LogP contribution in [0.5, 0.6) is 0 Å². The van der Waals surface area contributed by atoms with Gasteiger partial charge in [-0.15, -0.1) is 0 Å². The Hall–Kier alpha value is -0.0800. The zero-order valence-corrected chi connectivity index (χ0v) is 7.13. The average Bonchev–Trinajstić information content (AvgIpc) is 2.46. The van der Waals surface area contributed by atoms with Gasteiger partial charge >= 0.3 is 0 Å². The van der Waals surface area contributed by atoms with E-state index in [2.05, 4.69) is 25.8 Å². The summed E-state index contributed by atoms with van der Waals surface area (Å²) in [5, 5.41) is 2.07. The molecule has 1 rings (SSSR count). The Morgan fingerprint density at radius 3 is 2.30 bits per heavy atom. The van der Waals surface area contributed by atoms with Crippen LogP contribution >= 0.6 is 0 Å². The highest BCUT2D eigenvalue weighted by molar-refractivity contribution is 4.89. The van der Waals surface area contributed by atoms with E-state index in [-0.39, 0.29) is 0 Å². The Bertz CT molecular complexity index is 97.4. The van der Waals surface area contributed by atoms with Crippen molar-refractivity contribution in [3.8, 4) is 0 Å². The van der Waals surface area contributed by atoms with Crippen molar-refractivity contribution in [3.05, 3.63) is 0 Å². The lowest BCUT2D eigenvalue weighted by Gasteiger charge is -2.01. The third-order valence-electron chi connectivity index (χ3n) is 2.15. The first kappa shape index (κ1) is 8.02. The molecule has 0 N–H and O–H groups in total. The second-order valence-corrected chi connectivity index (χ2v) is 3.03. The van der Waals surface area contributed by atoms with E-state index in [0.717, 1.165) is 6.61 Å². The zero-order valence-electron chi connectivity index (χ0n) is 7.13. The topological polar surface area (TPSA) is 12.2 Å². The lowest BCUT2D eigenvalue weighted by Crippen LogP contribution is -2.04. The SMILES string of the molecule is CCCCON1C(C)C1C. The van der Waals surface area contributed by atoms with Crippen LogP contribution in [-0.4, -0.2) is 23.8 Å². The third kappa shape index (κ3) is 1.70. The van der Waals surface area contributed by atoms with E-state index >= 15 is 0 Å². The maximum atomic E-state index is 5.45. The van der Waals surface area contributed by atoms with Crippen LogP contribution in [0.25, 0.3) is 0 Å². The largest absolute Gasteiger partial charge is 0.298 e. The molecule has 1 saturated heterocycles. The molecule has 60 valence electrons. The number of rotatable bonds is 4. The molecule has 1 fully saturated rings. The second kappa shape index (κ2) is 3.35. The fourth-order valence-corrected chi connectivity index (χ4v) is 1.02. The first-order valence-electron chi connectivity index (χ1n) is 4.18. The van der Waals surface area contributed by atoms with Crippen molar-refractivity contribution in [2.24, 2.45) is 0 Å². The summed E-state index contributed by atoms with van der Waals surface area (Å²) in [6, 6.07) is 1.30. The van der Waals surface area contributed by atoms with Gasteiger partial charge in [0.25, 0.3) is 0 Å². The van der Waals surface area contributed by atoms with Gasteiger partial charge in [0.05, 0.1) is 18.7 Å². The Labute approximate surface area is 63.1 Å². The molecule has 0 aromatic rings. The maximum Gasteiger partial charge on any atom is 0.0685 e. The standard InChI is InChI=1S/C8H17NO/c1-4-5-6-10-9-7(2)8(9)3/h7-8H,4-6H2,1-3H3. The fourth-order valence-electron chi connectivity index (χ4n) is 1.02. The molecule has 0 amide bonds. The maximum absolute atomic E-state index is 5.45. The summed E-state index contributed by atoms with van der Waals surface area (Å²) in [5.74, 6) is 0. The van der Waals surface area contributed by atoms with Crippen molar-refractivity contribution in [1.82, 2.24) is 5.06 Å². The minimum Gasteiger partial charge on any atom is -0.298 e. The summed E-state index contributed by atoms with van der Waals surface area (Å²) in [4.78, 5) is 5.45. The normalized spacial score (nSPS) is 38.1. The van der Waals surface area contributed by atoms with E-state index in [1.54, 1.807) is 0 Å². The molecule has 0 aromatic heterocycles. The van der Waals surface area contributed by atoms with Gasteiger partial charge in [-0.25, -0.2) is 0 Å². The molecule has 0 saturated carbocycles. The first-order valence-corrected chi connectivity index (χ1v) is 4.18. The van der Waals surface area contributed by atoms with E-state index in [1.165, 1.54) is 12.8 Å². The molecule has 0 spiro atoms. The van der Waals surface area contributed by atoms with Gasteiger partial charge in [0.15, 0.2) is 0 Å². The molecule has 1 aliphatic heterocycles. The Kier molecular flexibility index (Phi) is 2.69. The Morgan fingerprint density at radius 2 is 1.90 bits per heavy atom. The third-order valence-corrected chi connectivity index (χ3v) is 2.15. The number of hydrogen-bond donors (Lipinski definition) is 0. The van der Waals surface area contributed by atoms with E-state index in [0.29, 0.717) is 12.1 Å². The Morgan fingerprint density at radius 1 is 1.30 bits per heavy atom. The smallest absolute Gasteiger partial charge is 0.0685 e. The van der Waals surface area contributed by atoms with Crippen molar-refractivity contribution in [3.63, 3.8) is 0 Å². The van der Waals surface area contributed by atoms with Gasteiger partial charge in [0, 0.05) is 0 Å². The summed E-state index contributed by atoms with van der Waals surface area (Å²) >= 11 is 0. The lowest BCUT2D eigenvalue weighted by atomic mass is 10.4. The molecule has 0 aromatic carbocycles. The minimum absolute atomic E-state index is 0.650. The fraction of sp³-hybridized carbons (Fsp3) is 1.00. The van der Waals surface area contributed by atoms with E-state index in [4.69, 9.17) is 4.84 Å². The predicted molar refractivity (Wildman–Crippen MR) is 41.6 cm³/mol. The zero-order chi connectivity index (χ0) is 7.56. The summed E-state index contributed by atoms with van der Waals surface area (Å²) in [7, 11) is 0. The summed E-state index contributed by atoms with van der Waals surface area (Å²) < 4.78 is 0. The van der Waals surface area contributed by atoms with Crippen molar-refractivity contribution in [1.29, 1.82) is 0 Å². The molecule has 2 unspecified atom stereocenters. The minimum atomic E-state index is 0.650. The molecule has 2 atom stereocenters. The number of hydrogen-bond acceptors (Lipinski definition) is 2. The molecular formula is C8H17NO. The summed E-state index contributed by atoms with van der Waals surface area (Å²) in [5.41, 5.74) is 0. The van der Waals surface area contributed by atoms with Gasteiger partial charge in [0.1, 0.15) is 0 Å². The highest BCUT2D eigenvalue weighted by Gasteiger charge is 2.41. The summed E-state index contributed by atoms with van der Waals surface area (Å²) in [6.07, 6.45) is 2.40. The van der Waals surface area contributed by atoms with E-state index in [1.807, 2.05) is 0 Å². The van der Waals surface area contributed by atoms with E-state index < -0.39 is 0 Å². The number of hydroxylamine groups is 2. The van der Waals surface area contributed by atoms with Gasteiger partial charge in [-0.05, 0) is 20.3 Å². The van der Waals surface area contributed by atoms with Crippen molar-refractivity contribution in [2.75, 3.05) is 6.61 Å². The van der Waals surface area contributed by atoms with Crippen LogP contribution < -0.4 is 0 Å². The van der Waals surface area contributed by atoms with Gasteiger partial charge in [0.2, 0.25) is 0 Å². The van der Waals surface area contributed by atoms with Crippen LogP contribution in [0, 0.1) is 0 Å². The molecule has 1 aliphatic rings. The van der Waals surface area contributed by atoms with Gasteiger partial charge in [-0.3, -0.25) is 4.84 Å². The van der Waals surface area contributed by atoms with Crippen molar-refractivity contribution < 1.29 is 4.84 Å². The molecule has 0 bridgehead atoms. The molecule has 10 heavy (non-hydrogen) atoms. The van der Waals surface area contributed by atoms with Gasteiger partial charge in [-0.2, -0.15) is 5.06 Å². The average molecular weight is 143 g/mol. The first-order chi connectivity index (χ1) is 4.77. The highest BCUT2D eigenvalue weighted by atomic mass is 16.7. The van der Waals surface area contributed by atoms with Crippen LogP contribution in [0.2, 0.25) is 0 Å². The van der Waals surface area contributed by atoms with Gasteiger partial charge < -0.3 is 0 Å². The summed E-state index contributed by atoms with van der Waals surface area (Å²) in [6.45, 7) is 7.46. The number of unbranched alkanes of at least 4 members (excludes halogenated alkanes) is 1.